The molecular formula is C18H24FNO. The summed E-state index contributed by atoms with van der Waals surface area (Å²) < 4.78 is 18.7. The second-order valence-corrected chi connectivity index (χ2v) is 6.03. The van der Waals surface area contributed by atoms with E-state index in [0.717, 1.165) is 17.1 Å². The van der Waals surface area contributed by atoms with Gasteiger partial charge in [0.25, 0.3) is 0 Å². The van der Waals surface area contributed by atoms with E-state index in [1.165, 1.54) is 17.7 Å². The van der Waals surface area contributed by atoms with Gasteiger partial charge in [0.2, 0.25) is 0 Å². The molecule has 0 spiro atoms. The highest BCUT2D eigenvalue weighted by Gasteiger charge is 2.21. The lowest BCUT2D eigenvalue weighted by molar-refractivity contribution is 0.371. The van der Waals surface area contributed by atoms with Crippen LogP contribution in [0.4, 0.5) is 4.39 Å². The Bertz CT molecular complexity index is 586. The lowest BCUT2D eigenvalue weighted by Crippen LogP contribution is -2.28. The van der Waals surface area contributed by atoms with E-state index < -0.39 is 0 Å². The average molecular weight is 289 g/mol. The first-order valence-electron chi connectivity index (χ1n) is 7.47. The van der Waals surface area contributed by atoms with Gasteiger partial charge in [-0.25, -0.2) is 4.39 Å². The second kappa shape index (κ2) is 6.44. The van der Waals surface area contributed by atoms with Gasteiger partial charge in [-0.15, -0.1) is 0 Å². The minimum Gasteiger partial charge on any atom is -0.466 e. The Balaban J connectivity index is 2.20. The molecule has 2 atom stereocenters. The first kappa shape index (κ1) is 15.8. The lowest BCUT2D eigenvalue weighted by Gasteiger charge is -2.27. The van der Waals surface area contributed by atoms with E-state index in [9.17, 15) is 4.39 Å². The molecule has 0 fully saturated rings. The molecule has 0 radical (unpaired) electrons. The van der Waals surface area contributed by atoms with Crippen molar-refractivity contribution >= 4 is 0 Å². The molecule has 0 saturated carbocycles. The third-order valence-corrected chi connectivity index (χ3v) is 3.87. The van der Waals surface area contributed by atoms with Crippen molar-refractivity contribution in [2.45, 2.75) is 46.7 Å². The van der Waals surface area contributed by atoms with Crippen molar-refractivity contribution in [2.24, 2.45) is 5.92 Å². The molecule has 2 unspecified atom stereocenters. The van der Waals surface area contributed by atoms with Crippen LogP contribution in [0.15, 0.2) is 34.7 Å². The third-order valence-electron chi connectivity index (χ3n) is 3.87. The quantitative estimate of drug-likeness (QED) is 0.830. The number of rotatable bonds is 5. The molecular weight excluding hydrogens is 265 g/mol. The molecule has 2 rings (SSSR count). The molecule has 21 heavy (non-hydrogen) atoms. The molecule has 1 aromatic heterocycles. The van der Waals surface area contributed by atoms with Gasteiger partial charge in [0.1, 0.15) is 17.3 Å². The molecule has 0 aliphatic heterocycles. The zero-order chi connectivity index (χ0) is 15.6. The number of aryl methyl sites for hydroxylation is 2. The molecule has 2 nitrogen and oxygen atoms in total. The fourth-order valence-electron chi connectivity index (χ4n) is 2.78. The van der Waals surface area contributed by atoms with Crippen molar-refractivity contribution in [3.63, 3.8) is 0 Å². The Kier molecular flexibility index (Phi) is 4.84. The van der Waals surface area contributed by atoms with E-state index in [0.29, 0.717) is 5.92 Å². The van der Waals surface area contributed by atoms with Crippen LogP contribution in [0.5, 0.6) is 0 Å². The van der Waals surface area contributed by atoms with Crippen molar-refractivity contribution in [3.8, 4) is 0 Å². The molecule has 0 amide bonds. The molecule has 0 aliphatic rings. The van der Waals surface area contributed by atoms with Crippen molar-refractivity contribution in [2.75, 3.05) is 0 Å². The van der Waals surface area contributed by atoms with Gasteiger partial charge in [0.05, 0.1) is 0 Å². The van der Waals surface area contributed by atoms with Crippen LogP contribution < -0.4 is 5.32 Å². The molecule has 3 heteroatoms. The smallest absolute Gasteiger partial charge is 0.123 e. The molecule has 1 N–H and O–H groups in total. The number of benzene rings is 1. The van der Waals surface area contributed by atoms with Gasteiger partial charge in [-0.2, -0.15) is 0 Å². The van der Waals surface area contributed by atoms with Crippen LogP contribution in [0.3, 0.4) is 0 Å². The number of hydrogen-bond donors (Lipinski definition) is 1. The van der Waals surface area contributed by atoms with Crippen molar-refractivity contribution in [3.05, 3.63) is 58.8 Å². The van der Waals surface area contributed by atoms with E-state index >= 15 is 0 Å². The zero-order valence-electron chi connectivity index (χ0n) is 13.4. The predicted molar refractivity (Wildman–Crippen MR) is 83.7 cm³/mol. The Morgan fingerprint density at radius 1 is 1.05 bits per heavy atom. The Morgan fingerprint density at radius 3 is 2.14 bits per heavy atom. The largest absolute Gasteiger partial charge is 0.466 e. The van der Waals surface area contributed by atoms with Crippen LogP contribution in [0.25, 0.3) is 0 Å². The van der Waals surface area contributed by atoms with Crippen LogP contribution >= 0.6 is 0 Å². The molecule has 2 aromatic rings. The topological polar surface area (TPSA) is 25.2 Å². The second-order valence-electron chi connectivity index (χ2n) is 6.03. The summed E-state index contributed by atoms with van der Waals surface area (Å²) in [7, 11) is 0. The Hall–Kier alpha value is -1.61. The summed E-state index contributed by atoms with van der Waals surface area (Å²) in [6, 6.07) is 9.18. The van der Waals surface area contributed by atoms with Crippen LogP contribution in [-0.2, 0) is 0 Å². The predicted octanol–water partition coefficient (Wildman–Crippen LogP) is 5.08. The van der Waals surface area contributed by atoms with Gasteiger partial charge < -0.3 is 9.73 Å². The fraction of sp³-hybridized carbons (Fsp3) is 0.444. The normalized spacial score (nSPS) is 14.4. The molecule has 1 heterocycles. The third kappa shape index (κ3) is 3.73. The van der Waals surface area contributed by atoms with Gasteiger partial charge in [0.15, 0.2) is 0 Å². The first-order valence-corrected chi connectivity index (χ1v) is 7.47. The maximum absolute atomic E-state index is 13.1. The standard InChI is InChI=1S/C18H24FNO/c1-11(2)18(15-6-8-16(19)9-7-15)20-13(4)17-10-12(3)21-14(17)5/h6-11,13,18,20H,1-5H3. The van der Waals surface area contributed by atoms with E-state index in [4.69, 9.17) is 4.42 Å². The zero-order valence-corrected chi connectivity index (χ0v) is 13.4. The lowest BCUT2D eigenvalue weighted by atomic mass is 9.94. The number of furan rings is 1. The highest BCUT2D eigenvalue weighted by molar-refractivity contribution is 5.25. The SMILES string of the molecule is Cc1cc(C(C)NC(c2ccc(F)cc2)C(C)C)c(C)o1. The fourth-order valence-corrected chi connectivity index (χ4v) is 2.78. The van der Waals surface area contributed by atoms with E-state index in [1.54, 1.807) is 0 Å². The molecule has 0 bridgehead atoms. The molecule has 0 saturated heterocycles. The number of nitrogens with one attached hydrogen (secondary N) is 1. The highest BCUT2D eigenvalue weighted by Crippen LogP contribution is 2.28. The van der Waals surface area contributed by atoms with Gasteiger partial charge in [0, 0.05) is 17.6 Å². The van der Waals surface area contributed by atoms with E-state index in [2.05, 4.69) is 32.2 Å². The summed E-state index contributed by atoms with van der Waals surface area (Å²) in [6.07, 6.45) is 0. The highest BCUT2D eigenvalue weighted by atomic mass is 19.1. The minimum absolute atomic E-state index is 0.176. The van der Waals surface area contributed by atoms with Gasteiger partial charge in [-0.05, 0) is 50.5 Å². The molecule has 114 valence electrons. The number of hydrogen-bond acceptors (Lipinski definition) is 2. The van der Waals surface area contributed by atoms with E-state index in [-0.39, 0.29) is 17.9 Å². The Labute approximate surface area is 126 Å². The first-order chi connectivity index (χ1) is 9.88. The molecule has 0 aliphatic carbocycles. The van der Waals surface area contributed by atoms with Crippen LogP contribution in [0.2, 0.25) is 0 Å². The van der Waals surface area contributed by atoms with Gasteiger partial charge >= 0.3 is 0 Å². The summed E-state index contributed by atoms with van der Waals surface area (Å²) in [5, 5.41) is 3.64. The Morgan fingerprint density at radius 2 is 1.67 bits per heavy atom. The number of halogens is 1. The van der Waals surface area contributed by atoms with Gasteiger partial charge in [-0.1, -0.05) is 26.0 Å². The van der Waals surface area contributed by atoms with E-state index in [1.807, 2.05) is 26.0 Å². The summed E-state index contributed by atoms with van der Waals surface area (Å²) >= 11 is 0. The van der Waals surface area contributed by atoms with Crippen molar-refractivity contribution < 1.29 is 8.81 Å². The van der Waals surface area contributed by atoms with Crippen LogP contribution in [0, 0.1) is 25.6 Å². The van der Waals surface area contributed by atoms with Gasteiger partial charge in [-0.3, -0.25) is 0 Å². The van der Waals surface area contributed by atoms with Crippen LogP contribution in [0.1, 0.15) is 55.5 Å². The van der Waals surface area contributed by atoms with Crippen molar-refractivity contribution in [1.29, 1.82) is 0 Å². The minimum atomic E-state index is -0.199. The maximum Gasteiger partial charge on any atom is 0.123 e. The average Bonchev–Trinajstić information content (AvgIpc) is 2.76. The summed E-state index contributed by atoms with van der Waals surface area (Å²) in [5.74, 6) is 2.09. The maximum atomic E-state index is 13.1. The summed E-state index contributed by atoms with van der Waals surface area (Å²) in [6.45, 7) is 10.4. The van der Waals surface area contributed by atoms with Crippen molar-refractivity contribution in [1.82, 2.24) is 5.32 Å². The summed E-state index contributed by atoms with van der Waals surface area (Å²) in [4.78, 5) is 0. The summed E-state index contributed by atoms with van der Waals surface area (Å²) in [5.41, 5.74) is 2.29. The monoisotopic (exact) mass is 289 g/mol. The van der Waals surface area contributed by atoms with Crippen LogP contribution in [-0.4, -0.2) is 0 Å². The molecule has 1 aromatic carbocycles.